The fourth-order valence-electron chi connectivity index (χ4n) is 2.44. The molecule has 0 saturated heterocycles. The summed E-state index contributed by atoms with van der Waals surface area (Å²) in [6, 6.07) is 0. The molecule has 0 fully saturated rings. The van der Waals surface area contributed by atoms with Gasteiger partial charge in [0.1, 0.15) is 12.7 Å². The summed E-state index contributed by atoms with van der Waals surface area (Å²) < 4.78 is 5.61. The molecule has 2 atom stereocenters. The molecule has 0 radical (unpaired) electrons. The van der Waals surface area contributed by atoms with E-state index in [0.29, 0.717) is 12.8 Å². The van der Waals surface area contributed by atoms with Crippen LogP contribution in [0.4, 0.5) is 0 Å². The predicted molar refractivity (Wildman–Crippen MR) is 85.5 cm³/mol. The van der Waals surface area contributed by atoms with Gasteiger partial charge in [0.2, 0.25) is 0 Å². The lowest BCUT2D eigenvalue weighted by molar-refractivity contribution is -0.141. The number of hydrogen-bond donors (Lipinski definition) is 1. The maximum absolute atomic E-state index is 11.8. The van der Waals surface area contributed by atoms with Crippen molar-refractivity contribution in [3.63, 3.8) is 0 Å². The van der Waals surface area contributed by atoms with E-state index in [-0.39, 0.29) is 24.4 Å². The Hall–Kier alpha value is -1.34. The molecule has 0 heterocycles. The Morgan fingerprint density at radius 1 is 1.23 bits per heavy atom. The van der Waals surface area contributed by atoms with E-state index in [9.17, 15) is 9.59 Å². The van der Waals surface area contributed by atoms with E-state index in [0.717, 1.165) is 38.5 Å². The number of carboxylic acids is 1. The van der Waals surface area contributed by atoms with Crippen LogP contribution in [0.5, 0.6) is 0 Å². The van der Waals surface area contributed by atoms with Gasteiger partial charge in [0, 0.05) is 12.8 Å². The summed E-state index contributed by atoms with van der Waals surface area (Å²) in [6.07, 6.45) is 9.01. The summed E-state index contributed by atoms with van der Waals surface area (Å²) in [5.74, 6) is 5.28. The average molecular weight is 308 g/mol. The Morgan fingerprint density at radius 2 is 2.05 bits per heavy atom. The molecule has 22 heavy (non-hydrogen) atoms. The van der Waals surface area contributed by atoms with Crippen LogP contribution in [0.15, 0.2) is 0 Å². The van der Waals surface area contributed by atoms with Crippen molar-refractivity contribution in [2.45, 2.75) is 77.2 Å². The van der Waals surface area contributed by atoms with Gasteiger partial charge in [-0.05, 0) is 32.1 Å². The van der Waals surface area contributed by atoms with E-state index < -0.39 is 5.97 Å². The van der Waals surface area contributed by atoms with E-state index in [4.69, 9.17) is 9.84 Å². The lowest BCUT2D eigenvalue weighted by Gasteiger charge is -2.13. The third kappa shape index (κ3) is 8.84. The number of carbonyl (C=O) groups is 2. The van der Waals surface area contributed by atoms with Crippen LogP contribution in [0.25, 0.3) is 0 Å². The molecule has 1 rings (SSSR count). The number of aliphatic carboxylic acids is 1. The zero-order chi connectivity index (χ0) is 16.2. The SMILES string of the molecule is C[C@H](CCCCCC(=O)COC1C#CCCCCC1)C(=O)O. The van der Waals surface area contributed by atoms with Crippen molar-refractivity contribution in [1.29, 1.82) is 0 Å². The number of ether oxygens (including phenoxy) is 1. The summed E-state index contributed by atoms with van der Waals surface area (Å²) >= 11 is 0. The first-order chi connectivity index (χ1) is 10.6. The second kappa shape index (κ2) is 11.3. The largest absolute Gasteiger partial charge is 0.481 e. The van der Waals surface area contributed by atoms with Crippen LogP contribution in [-0.2, 0) is 14.3 Å². The van der Waals surface area contributed by atoms with Crippen LogP contribution in [-0.4, -0.2) is 29.6 Å². The van der Waals surface area contributed by atoms with E-state index >= 15 is 0 Å². The lowest BCUT2D eigenvalue weighted by Crippen LogP contribution is -2.17. The zero-order valence-corrected chi connectivity index (χ0v) is 13.6. The van der Waals surface area contributed by atoms with Gasteiger partial charge in [-0.1, -0.05) is 32.1 Å². The van der Waals surface area contributed by atoms with Gasteiger partial charge in [-0.3, -0.25) is 9.59 Å². The molecule has 0 spiro atoms. The summed E-state index contributed by atoms with van der Waals surface area (Å²) in [6.45, 7) is 1.88. The van der Waals surface area contributed by atoms with Crippen molar-refractivity contribution in [2.24, 2.45) is 5.92 Å². The number of Topliss-reactive ketones (excluding diaryl/α,β-unsaturated/α-hetero) is 1. The molecule has 0 amide bonds. The molecule has 1 unspecified atom stereocenters. The first-order valence-corrected chi connectivity index (χ1v) is 8.44. The highest BCUT2D eigenvalue weighted by atomic mass is 16.5. The normalized spacial score (nSPS) is 19.4. The van der Waals surface area contributed by atoms with Crippen LogP contribution in [0.1, 0.15) is 71.1 Å². The van der Waals surface area contributed by atoms with Gasteiger partial charge in [0.15, 0.2) is 5.78 Å². The smallest absolute Gasteiger partial charge is 0.306 e. The van der Waals surface area contributed by atoms with Crippen LogP contribution in [0.3, 0.4) is 0 Å². The molecule has 4 nitrogen and oxygen atoms in total. The van der Waals surface area contributed by atoms with Gasteiger partial charge in [-0.15, -0.1) is 5.92 Å². The molecule has 1 N–H and O–H groups in total. The predicted octanol–water partition coefficient (Wildman–Crippen LogP) is 3.58. The van der Waals surface area contributed by atoms with Gasteiger partial charge in [-0.25, -0.2) is 0 Å². The highest BCUT2D eigenvalue weighted by molar-refractivity contribution is 5.79. The lowest BCUT2D eigenvalue weighted by atomic mass is 10.0. The van der Waals surface area contributed by atoms with E-state index in [1.54, 1.807) is 6.92 Å². The number of unbranched alkanes of at least 4 members (excludes halogenated alkanes) is 2. The molecular formula is C18H28O4. The van der Waals surface area contributed by atoms with Crippen LogP contribution in [0.2, 0.25) is 0 Å². The summed E-state index contributed by atoms with van der Waals surface area (Å²) in [5, 5.41) is 8.78. The molecule has 0 aliphatic heterocycles. The van der Waals surface area contributed by atoms with E-state index in [2.05, 4.69) is 11.8 Å². The van der Waals surface area contributed by atoms with Crippen molar-refractivity contribution in [1.82, 2.24) is 0 Å². The molecule has 0 bridgehead atoms. The summed E-state index contributed by atoms with van der Waals surface area (Å²) in [5.41, 5.74) is 0. The van der Waals surface area contributed by atoms with Gasteiger partial charge in [0.25, 0.3) is 0 Å². The summed E-state index contributed by atoms with van der Waals surface area (Å²) in [4.78, 5) is 22.4. The summed E-state index contributed by atoms with van der Waals surface area (Å²) in [7, 11) is 0. The Kier molecular flexibility index (Phi) is 9.57. The van der Waals surface area contributed by atoms with Gasteiger partial charge < -0.3 is 9.84 Å². The number of carboxylic acid groups (broad SMARTS) is 1. The molecule has 1 aliphatic carbocycles. The minimum absolute atomic E-state index is 0.0827. The van der Waals surface area contributed by atoms with Gasteiger partial charge in [0.05, 0.1) is 5.92 Å². The maximum Gasteiger partial charge on any atom is 0.306 e. The Labute approximate surface area is 133 Å². The Bertz CT molecular complexity index is 405. The fraction of sp³-hybridized carbons (Fsp3) is 0.778. The second-order valence-electron chi connectivity index (χ2n) is 6.10. The molecule has 4 heteroatoms. The van der Waals surface area contributed by atoms with Crippen LogP contribution < -0.4 is 0 Å². The van der Waals surface area contributed by atoms with E-state index in [1.165, 1.54) is 12.8 Å². The van der Waals surface area contributed by atoms with Gasteiger partial charge >= 0.3 is 5.97 Å². The second-order valence-corrected chi connectivity index (χ2v) is 6.10. The molecule has 1 aliphatic rings. The molecule has 0 aromatic carbocycles. The van der Waals surface area contributed by atoms with Gasteiger partial charge in [-0.2, -0.15) is 0 Å². The topological polar surface area (TPSA) is 63.6 Å². The monoisotopic (exact) mass is 308 g/mol. The quantitative estimate of drug-likeness (QED) is 0.495. The Balaban J connectivity index is 2.07. The number of rotatable bonds is 10. The third-order valence-corrected chi connectivity index (χ3v) is 3.99. The molecule has 124 valence electrons. The maximum atomic E-state index is 11.8. The number of ketones is 1. The minimum Gasteiger partial charge on any atom is -0.481 e. The van der Waals surface area contributed by atoms with Crippen molar-refractivity contribution >= 4 is 11.8 Å². The number of carbonyl (C=O) groups excluding carboxylic acids is 1. The first-order valence-electron chi connectivity index (χ1n) is 8.44. The minimum atomic E-state index is -0.746. The van der Waals surface area contributed by atoms with Crippen molar-refractivity contribution in [3.8, 4) is 11.8 Å². The average Bonchev–Trinajstić information content (AvgIpc) is 2.45. The van der Waals surface area contributed by atoms with Crippen molar-refractivity contribution < 1.29 is 19.4 Å². The van der Waals surface area contributed by atoms with E-state index in [1.807, 2.05) is 0 Å². The van der Waals surface area contributed by atoms with Crippen LogP contribution in [0, 0.1) is 17.8 Å². The third-order valence-electron chi connectivity index (χ3n) is 3.99. The molecule has 0 aromatic rings. The highest BCUT2D eigenvalue weighted by Gasteiger charge is 2.11. The fourth-order valence-corrected chi connectivity index (χ4v) is 2.44. The molecular weight excluding hydrogens is 280 g/mol. The highest BCUT2D eigenvalue weighted by Crippen LogP contribution is 2.12. The zero-order valence-electron chi connectivity index (χ0n) is 13.6. The number of hydrogen-bond acceptors (Lipinski definition) is 3. The van der Waals surface area contributed by atoms with Crippen molar-refractivity contribution in [3.05, 3.63) is 0 Å². The van der Waals surface area contributed by atoms with Crippen molar-refractivity contribution in [2.75, 3.05) is 6.61 Å². The Morgan fingerprint density at radius 3 is 2.82 bits per heavy atom. The molecule has 0 aromatic heterocycles. The van der Waals surface area contributed by atoms with Crippen LogP contribution >= 0.6 is 0 Å². The standard InChI is InChI=1S/C18H28O4/c1-15(18(20)21)10-6-5-7-11-16(19)14-22-17-12-8-3-2-4-9-13-17/h15,17H,2-8,10-12,14H2,1H3,(H,20,21)/t15-,17?/m1/s1. The molecule has 0 saturated carbocycles. The first kappa shape index (κ1) is 18.7.